The molecule has 3 heteroatoms. The standard InChI is InChI=1S/C14H19NO2/c1-3-4-5-6-14(17)12-7-9-13(10-8-12)15-11(2)16/h7-10H,3-6H2,1-2H3,(H,15,16). The molecule has 0 aromatic heterocycles. The molecule has 0 aliphatic heterocycles. The maximum atomic E-state index is 11.8. The van der Waals surface area contributed by atoms with E-state index in [2.05, 4.69) is 12.2 Å². The van der Waals surface area contributed by atoms with Crippen LogP contribution in [0.25, 0.3) is 0 Å². The van der Waals surface area contributed by atoms with Crippen molar-refractivity contribution in [1.29, 1.82) is 0 Å². The second kappa shape index (κ2) is 6.84. The van der Waals surface area contributed by atoms with Crippen molar-refractivity contribution in [2.45, 2.75) is 39.5 Å². The molecule has 3 nitrogen and oxygen atoms in total. The minimum absolute atomic E-state index is 0.105. The van der Waals surface area contributed by atoms with Crippen LogP contribution < -0.4 is 5.32 Å². The Kier molecular flexibility index (Phi) is 5.40. The summed E-state index contributed by atoms with van der Waals surface area (Å²) in [6, 6.07) is 7.04. The second-order valence-corrected chi connectivity index (χ2v) is 4.14. The molecule has 0 fully saturated rings. The van der Waals surface area contributed by atoms with Crippen molar-refractivity contribution in [2.75, 3.05) is 5.32 Å². The first-order valence-electron chi connectivity index (χ1n) is 6.04. The minimum Gasteiger partial charge on any atom is -0.326 e. The number of carbonyl (C=O) groups is 2. The number of hydrogen-bond donors (Lipinski definition) is 1. The van der Waals surface area contributed by atoms with Crippen molar-refractivity contribution >= 4 is 17.4 Å². The molecule has 0 aliphatic carbocycles. The van der Waals surface area contributed by atoms with Gasteiger partial charge in [0.1, 0.15) is 0 Å². The normalized spacial score (nSPS) is 10.0. The molecule has 1 amide bonds. The van der Waals surface area contributed by atoms with Crippen LogP contribution in [0.3, 0.4) is 0 Å². The first-order valence-corrected chi connectivity index (χ1v) is 6.04. The summed E-state index contributed by atoms with van der Waals surface area (Å²) in [5.74, 6) is 0.0693. The van der Waals surface area contributed by atoms with Gasteiger partial charge in [0.15, 0.2) is 5.78 Å². The lowest BCUT2D eigenvalue weighted by molar-refractivity contribution is -0.114. The summed E-state index contributed by atoms with van der Waals surface area (Å²) in [7, 11) is 0. The largest absolute Gasteiger partial charge is 0.326 e. The molecule has 1 aromatic rings. The molecular formula is C14H19NO2. The molecule has 92 valence electrons. The van der Waals surface area contributed by atoms with Gasteiger partial charge < -0.3 is 5.32 Å². The van der Waals surface area contributed by atoms with Gasteiger partial charge in [-0.1, -0.05) is 19.8 Å². The summed E-state index contributed by atoms with van der Waals surface area (Å²) in [4.78, 5) is 22.6. The van der Waals surface area contributed by atoms with Crippen LogP contribution in [-0.4, -0.2) is 11.7 Å². The third kappa shape index (κ3) is 4.81. The van der Waals surface area contributed by atoms with Crippen molar-refractivity contribution in [3.05, 3.63) is 29.8 Å². The number of anilines is 1. The Morgan fingerprint density at radius 2 is 1.76 bits per heavy atom. The van der Waals surface area contributed by atoms with Gasteiger partial charge >= 0.3 is 0 Å². The van der Waals surface area contributed by atoms with Crippen molar-refractivity contribution in [2.24, 2.45) is 0 Å². The topological polar surface area (TPSA) is 46.2 Å². The third-order valence-electron chi connectivity index (χ3n) is 2.53. The molecule has 0 radical (unpaired) electrons. The molecule has 0 heterocycles. The van der Waals surface area contributed by atoms with Crippen molar-refractivity contribution in [3.8, 4) is 0 Å². The molecule has 0 bridgehead atoms. The fraction of sp³-hybridized carbons (Fsp3) is 0.429. The molecule has 1 aromatic carbocycles. The van der Waals surface area contributed by atoms with Gasteiger partial charge in [0.2, 0.25) is 5.91 Å². The van der Waals surface area contributed by atoms with E-state index in [1.54, 1.807) is 24.3 Å². The minimum atomic E-state index is -0.105. The van der Waals surface area contributed by atoms with E-state index < -0.39 is 0 Å². The third-order valence-corrected chi connectivity index (χ3v) is 2.53. The predicted octanol–water partition coefficient (Wildman–Crippen LogP) is 3.41. The molecule has 1 N–H and O–H groups in total. The Balaban J connectivity index is 2.54. The SMILES string of the molecule is CCCCCC(=O)c1ccc(NC(C)=O)cc1. The average molecular weight is 233 g/mol. The number of rotatable bonds is 6. The zero-order valence-corrected chi connectivity index (χ0v) is 10.5. The monoisotopic (exact) mass is 233 g/mol. The van der Waals surface area contributed by atoms with E-state index in [-0.39, 0.29) is 11.7 Å². The Bertz CT molecular complexity index is 382. The van der Waals surface area contributed by atoms with E-state index in [1.807, 2.05) is 0 Å². The number of ketones is 1. The highest BCUT2D eigenvalue weighted by atomic mass is 16.1. The Morgan fingerprint density at radius 1 is 1.12 bits per heavy atom. The van der Waals surface area contributed by atoms with E-state index in [0.717, 1.165) is 30.5 Å². The van der Waals surface area contributed by atoms with Crippen LogP contribution in [-0.2, 0) is 4.79 Å². The maximum absolute atomic E-state index is 11.8. The van der Waals surface area contributed by atoms with Crippen LogP contribution in [0.1, 0.15) is 49.9 Å². The molecule has 1 rings (SSSR count). The quantitative estimate of drug-likeness (QED) is 0.604. The van der Waals surface area contributed by atoms with Crippen LogP contribution >= 0.6 is 0 Å². The molecular weight excluding hydrogens is 214 g/mol. The Morgan fingerprint density at radius 3 is 2.29 bits per heavy atom. The average Bonchev–Trinajstić information content (AvgIpc) is 2.29. The lowest BCUT2D eigenvalue weighted by Gasteiger charge is -2.04. The summed E-state index contributed by atoms with van der Waals surface area (Å²) >= 11 is 0. The predicted molar refractivity (Wildman–Crippen MR) is 69.2 cm³/mol. The Hall–Kier alpha value is -1.64. The first kappa shape index (κ1) is 13.4. The zero-order valence-electron chi connectivity index (χ0n) is 10.5. The molecule has 0 saturated heterocycles. The van der Waals surface area contributed by atoms with Gasteiger partial charge in [-0.25, -0.2) is 0 Å². The van der Waals surface area contributed by atoms with Gasteiger partial charge in [-0.3, -0.25) is 9.59 Å². The molecule has 0 aliphatic rings. The number of amides is 1. The van der Waals surface area contributed by atoms with Crippen LogP contribution in [0.4, 0.5) is 5.69 Å². The Labute approximate surface area is 102 Å². The van der Waals surface area contributed by atoms with Gasteiger partial charge in [-0.2, -0.15) is 0 Å². The van der Waals surface area contributed by atoms with Crippen LogP contribution in [0.15, 0.2) is 24.3 Å². The molecule has 17 heavy (non-hydrogen) atoms. The van der Waals surface area contributed by atoms with Gasteiger partial charge in [0.05, 0.1) is 0 Å². The zero-order chi connectivity index (χ0) is 12.7. The first-order chi connectivity index (χ1) is 8.13. The van der Waals surface area contributed by atoms with Gasteiger partial charge in [0, 0.05) is 24.6 Å². The lowest BCUT2D eigenvalue weighted by Crippen LogP contribution is -2.06. The van der Waals surface area contributed by atoms with Crippen molar-refractivity contribution in [1.82, 2.24) is 0 Å². The van der Waals surface area contributed by atoms with Crippen molar-refractivity contribution in [3.63, 3.8) is 0 Å². The molecule has 0 atom stereocenters. The van der Waals surface area contributed by atoms with E-state index in [0.29, 0.717) is 6.42 Å². The smallest absolute Gasteiger partial charge is 0.221 e. The van der Waals surface area contributed by atoms with Crippen LogP contribution in [0, 0.1) is 0 Å². The number of hydrogen-bond acceptors (Lipinski definition) is 2. The van der Waals surface area contributed by atoms with Gasteiger partial charge in [-0.05, 0) is 30.7 Å². The number of Topliss-reactive ketones (excluding diaryl/α,β-unsaturated/α-hetero) is 1. The number of unbranched alkanes of at least 4 members (excludes halogenated alkanes) is 2. The molecule has 0 unspecified atom stereocenters. The second-order valence-electron chi connectivity index (χ2n) is 4.14. The number of benzene rings is 1. The fourth-order valence-electron chi connectivity index (χ4n) is 1.62. The maximum Gasteiger partial charge on any atom is 0.221 e. The highest BCUT2D eigenvalue weighted by molar-refractivity contribution is 5.97. The summed E-state index contributed by atoms with van der Waals surface area (Å²) in [5.41, 5.74) is 1.44. The van der Waals surface area contributed by atoms with Crippen LogP contribution in [0.2, 0.25) is 0 Å². The van der Waals surface area contributed by atoms with E-state index in [9.17, 15) is 9.59 Å². The molecule has 0 saturated carbocycles. The summed E-state index contributed by atoms with van der Waals surface area (Å²) in [6.45, 7) is 3.58. The number of nitrogens with one attached hydrogen (secondary N) is 1. The lowest BCUT2D eigenvalue weighted by atomic mass is 10.0. The van der Waals surface area contributed by atoms with Gasteiger partial charge in [0.25, 0.3) is 0 Å². The van der Waals surface area contributed by atoms with Crippen molar-refractivity contribution < 1.29 is 9.59 Å². The summed E-state index contributed by atoms with van der Waals surface area (Å²) in [6.07, 6.45) is 3.76. The molecule has 0 spiro atoms. The van der Waals surface area contributed by atoms with E-state index in [4.69, 9.17) is 0 Å². The highest BCUT2D eigenvalue weighted by Gasteiger charge is 2.05. The van der Waals surface area contributed by atoms with E-state index >= 15 is 0 Å². The number of carbonyl (C=O) groups excluding carboxylic acids is 2. The van der Waals surface area contributed by atoms with Crippen LogP contribution in [0.5, 0.6) is 0 Å². The van der Waals surface area contributed by atoms with E-state index in [1.165, 1.54) is 6.92 Å². The summed E-state index contributed by atoms with van der Waals surface area (Å²) in [5, 5.41) is 2.67. The fourth-order valence-corrected chi connectivity index (χ4v) is 1.62. The highest BCUT2D eigenvalue weighted by Crippen LogP contribution is 2.12. The summed E-state index contributed by atoms with van der Waals surface area (Å²) < 4.78 is 0. The van der Waals surface area contributed by atoms with Gasteiger partial charge in [-0.15, -0.1) is 0 Å².